The molecule has 0 bridgehead atoms. The number of nitrogens with one attached hydrogen (secondary N) is 1. The van der Waals surface area contributed by atoms with Crippen LogP contribution >= 0.6 is 11.8 Å². The van der Waals surface area contributed by atoms with Crippen LogP contribution in [-0.4, -0.2) is 23.8 Å². The summed E-state index contributed by atoms with van der Waals surface area (Å²) in [6.45, 7) is 4.72. The second kappa shape index (κ2) is 9.21. The number of benzene rings is 1. The van der Waals surface area contributed by atoms with E-state index in [1.807, 2.05) is 44.2 Å². The number of methoxy groups -OCH3 is 1. The molecule has 0 saturated carbocycles. The first-order valence-electron chi connectivity index (χ1n) is 7.88. The largest absolute Gasteiger partial charge is 0.380 e. The fourth-order valence-corrected chi connectivity index (χ4v) is 3.19. The van der Waals surface area contributed by atoms with E-state index < -0.39 is 0 Å². The molecule has 0 aliphatic heterocycles. The lowest BCUT2D eigenvalue weighted by molar-refractivity contribution is -0.118. The topological polar surface area (TPSA) is 75.0 Å². The monoisotopic (exact) mass is 355 g/mol. The van der Waals surface area contributed by atoms with Gasteiger partial charge < -0.3 is 10.1 Å². The molecule has 0 spiro atoms. The van der Waals surface area contributed by atoms with Gasteiger partial charge in [-0.1, -0.05) is 41.6 Å². The molecule has 1 aromatic heterocycles. The molecule has 130 valence electrons. The van der Waals surface area contributed by atoms with Gasteiger partial charge >= 0.3 is 0 Å². The number of rotatable bonds is 7. The fourth-order valence-electron chi connectivity index (χ4n) is 2.29. The van der Waals surface area contributed by atoms with Crippen LogP contribution in [0.25, 0.3) is 0 Å². The third-order valence-corrected chi connectivity index (χ3v) is 4.53. The van der Waals surface area contributed by atoms with Crippen molar-refractivity contribution < 1.29 is 9.53 Å². The number of nitrogens with zero attached hydrogens (tertiary/aromatic N) is 2. The van der Waals surface area contributed by atoms with E-state index >= 15 is 0 Å². The summed E-state index contributed by atoms with van der Waals surface area (Å²) in [5.74, 6) is 0.120. The van der Waals surface area contributed by atoms with Crippen molar-refractivity contribution in [1.82, 2.24) is 10.3 Å². The number of aromatic nitrogens is 1. The maximum atomic E-state index is 12.1. The van der Waals surface area contributed by atoms with Crippen LogP contribution in [0.5, 0.6) is 0 Å². The number of thioether (sulfide) groups is 1. The third-order valence-electron chi connectivity index (χ3n) is 3.56. The molecule has 2 aromatic rings. The highest BCUT2D eigenvalue weighted by molar-refractivity contribution is 8.00. The predicted octanol–water partition coefficient (Wildman–Crippen LogP) is 3.13. The van der Waals surface area contributed by atoms with E-state index in [9.17, 15) is 10.1 Å². The van der Waals surface area contributed by atoms with E-state index in [2.05, 4.69) is 16.4 Å². The average Bonchev–Trinajstić information content (AvgIpc) is 2.59. The van der Waals surface area contributed by atoms with Crippen LogP contribution in [0.1, 0.15) is 27.9 Å². The summed E-state index contributed by atoms with van der Waals surface area (Å²) in [6.07, 6.45) is 0. The van der Waals surface area contributed by atoms with Gasteiger partial charge in [0.2, 0.25) is 5.91 Å². The van der Waals surface area contributed by atoms with Crippen molar-refractivity contribution in [3.63, 3.8) is 0 Å². The Morgan fingerprint density at radius 3 is 2.68 bits per heavy atom. The van der Waals surface area contributed by atoms with Crippen LogP contribution in [0.4, 0.5) is 0 Å². The van der Waals surface area contributed by atoms with Gasteiger partial charge in [-0.2, -0.15) is 5.26 Å². The van der Waals surface area contributed by atoms with Gasteiger partial charge in [0.1, 0.15) is 11.1 Å². The summed E-state index contributed by atoms with van der Waals surface area (Å²) < 4.78 is 5.13. The highest BCUT2D eigenvalue weighted by Gasteiger charge is 2.13. The van der Waals surface area contributed by atoms with Crippen molar-refractivity contribution in [2.24, 2.45) is 0 Å². The Labute approximate surface area is 152 Å². The molecular formula is C19H21N3O2S. The first-order valence-corrected chi connectivity index (χ1v) is 8.86. The Balaban J connectivity index is 1.97. The van der Waals surface area contributed by atoms with E-state index in [0.29, 0.717) is 23.7 Å². The summed E-state index contributed by atoms with van der Waals surface area (Å²) in [5.41, 5.74) is 4.31. The van der Waals surface area contributed by atoms with Gasteiger partial charge in [0.25, 0.3) is 0 Å². The Morgan fingerprint density at radius 1 is 1.32 bits per heavy atom. The zero-order valence-corrected chi connectivity index (χ0v) is 15.4. The lowest BCUT2D eigenvalue weighted by Gasteiger charge is -2.10. The van der Waals surface area contributed by atoms with Crippen molar-refractivity contribution in [1.29, 1.82) is 5.26 Å². The SMILES string of the molecule is COCc1cc(C)nc(SCC(=O)NCc2ccc(C)cc2)c1C#N. The van der Waals surface area contributed by atoms with E-state index in [-0.39, 0.29) is 11.7 Å². The Bertz CT molecular complexity index is 782. The molecule has 0 aliphatic rings. The lowest BCUT2D eigenvalue weighted by atomic mass is 10.1. The first-order chi connectivity index (χ1) is 12.0. The van der Waals surface area contributed by atoms with E-state index in [1.165, 1.54) is 17.3 Å². The van der Waals surface area contributed by atoms with Gasteiger partial charge in [-0.15, -0.1) is 0 Å². The lowest BCUT2D eigenvalue weighted by Crippen LogP contribution is -2.24. The predicted molar refractivity (Wildman–Crippen MR) is 98.2 cm³/mol. The summed E-state index contributed by atoms with van der Waals surface area (Å²) >= 11 is 1.27. The van der Waals surface area contributed by atoms with E-state index in [4.69, 9.17) is 4.74 Å². The number of amides is 1. The minimum Gasteiger partial charge on any atom is -0.380 e. The number of carbonyl (C=O) groups excluding carboxylic acids is 1. The average molecular weight is 355 g/mol. The fraction of sp³-hybridized carbons (Fsp3) is 0.316. The molecule has 0 unspecified atom stereocenters. The van der Waals surface area contributed by atoms with Crippen LogP contribution < -0.4 is 5.32 Å². The second-order valence-corrected chi connectivity index (χ2v) is 6.66. The summed E-state index contributed by atoms with van der Waals surface area (Å²) in [7, 11) is 1.59. The van der Waals surface area contributed by atoms with Crippen LogP contribution in [0.2, 0.25) is 0 Å². The number of hydrogen-bond donors (Lipinski definition) is 1. The van der Waals surface area contributed by atoms with Crippen molar-refractivity contribution in [3.8, 4) is 6.07 Å². The first kappa shape index (κ1) is 19.0. The molecule has 0 aliphatic carbocycles. The number of pyridine rings is 1. The molecule has 1 aromatic carbocycles. The van der Waals surface area contributed by atoms with Crippen LogP contribution in [0.15, 0.2) is 35.4 Å². The Hall–Kier alpha value is -2.36. The normalized spacial score (nSPS) is 10.3. The van der Waals surface area contributed by atoms with Crippen molar-refractivity contribution in [2.75, 3.05) is 12.9 Å². The quantitative estimate of drug-likeness (QED) is 0.772. The molecule has 0 radical (unpaired) electrons. The molecule has 2 rings (SSSR count). The van der Waals surface area contributed by atoms with Crippen LogP contribution in [0, 0.1) is 25.2 Å². The molecule has 0 fully saturated rings. The molecule has 1 heterocycles. The smallest absolute Gasteiger partial charge is 0.230 e. The van der Waals surface area contributed by atoms with Gasteiger partial charge in [0.05, 0.1) is 17.9 Å². The molecule has 5 nitrogen and oxygen atoms in total. The van der Waals surface area contributed by atoms with Crippen LogP contribution in [-0.2, 0) is 22.7 Å². The van der Waals surface area contributed by atoms with Gasteiger partial charge in [0.15, 0.2) is 0 Å². The summed E-state index contributed by atoms with van der Waals surface area (Å²) in [6, 6.07) is 12.0. The van der Waals surface area contributed by atoms with Gasteiger partial charge in [-0.3, -0.25) is 4.79 Å². The van der Waals surface area contributed by atoms with Crippen molar-refractivity contribution >= 4 is 17.7 Å². The maximum absolute atomic E-state index is 12.1. The molecule has 1 amide bonds. The molecular weight excluding hydrogens is 334 g/mol. The third kappa shape index (κ3) is 5.59. The maximum Gasteiger partial charge on any atom is 0.230 e. The number of ether oxygens (including phenoxy) is 1. The minimum absolute atomic E-state index is 0.0916. The Morgan fingerprint density at radius 2 is 2.04 bits per heavy atom. The number of nitriles is 1. The molecule has 6 heteroatoms. The zero-order valence-electron chi connectivity index (χ0n) is 14.6. The Kier molecular flexibility index (Phi) is 6.99. The van der Waals surface area contributed by atoms with Gasteiger partial charge in [0, 0.05) is 19.3 Å². The van der Waals surface area contributed by atoms with Gasteiger partial charge in [-0.05, 0) is 31.0 Å². The minimum atomic E-state index is -0.0916. The van der Waals surface area contributed by atoms with Gasteiger partial charge in [-0.25, -0.2) is 4.98 Å². The summed E-state index contributed by atoms with van der Waals surface area (Å²) in [5, 5.41) is 12.9. The van der Waals surface area contributed by atoms with E-state index in [1.54, 1.807) is 7.11 Å². The van der Waals surface area contributed by atoms with E-state index in [0.717, 1.165) is 16.8 Å². The molecule has 0 saturated heterocycles. The zero-order chi connectivity index (χ0) is 18.2. The summed E-state index contributed by atoms with van der Waals surface area (Å²) in [4.78, 5) is 16.5. The molecule has 0 atom stereocenters. The van der Waals surface area contributed by atoms with Crippen molar-refractivity contribution in [2.45, 2.75) is 32.0 Å². The van der Waals surface area contributed by atoms with Crippen molar-refractivity contribution in [3.05, 3.63) is 58.3 Å². The van der Waals surface area contributed by atoms with Crippen LogP contribution in [0.3, 0.4) is 0 Å². The highest BCUT2D eigenvalue weighted by atomic mass is 32.2. The second-order valence-electron chi connectivity index (χ2n) is 5.70. The number of aryl methyl sites for hydroxylation is 2. The molecule has 25 heavy (non-hydrogen) atoms. The number of carbonyl (C=O) groups is 1. The highest BCUT2D eigenvalue weighted by Crippen LogP contribution is 2.24. The molecule has 1 N–H and O–H groups in total. The number of hydrogen-bond acceptors (Lipinski definition) is 5. The standard InChI is InChI=1S/C19H21N3O2S/c1-13-4-6-15(7-5-13)10-21-18(23)12-25-19-17(9-20)16(11-24-3)8-14(2)22-19/h4-8H,10-12H2,1-3H3,(H,21,23).